The highest BCUT2D eigenvalue weighted by Gasteiger charge is 2.24. The van der Waals surface area contributed by atoms with Gasteiger partial charge in [-0.25, -0.2) is 0 Å². The van der Waals surface area contributed by atoms with Crippen molar-refractivity contribution in [2.45, 2.75) is 31.8 Å². The van der Waals surface area contributed by atoms with Gasteiger partial charge in [0.05, 0.1) is 12.6 Å². The molecule has 17 heavy (non-hydrogen) atoms. The molecule has 1 aliphatic rings. The van der Waals surface area contributed by atoms with Gasteiger partial charge in [-0.1, -0.05) is 18.2 Å². The molecule has 0 saturated carbocycles. The highest BCUT2D eigenvalue weighted by Crippen LogP contribution is 2.21. The maximum atomic E-state index is 12.0. The zero-order chi connectivity index (χ0) is 12.3. The molecular formula is C13H18N2O2. The van der Waals surface area contributed by atoms with E-state index in [0.717, 1.165) is 18.5 Å². The van der Waals surface area contributed by atoms with Crippen molar-refractivity contribution in [1.29, 1.82) is 0 Å². The highest BCUT2D eigenvalue weighted by molar-refractivity contribution is 5.96. The maximum absolute atomic E-state index is 12.0. The van der Waals surface area contributed by atoms with Crippen molar-refractivity contribution in [2.24, 2.45) is 0 Å². The number of benzene rings is 1. The van der Waals surface area contributed by atoms with E-state index in [1.165, 1.54) is 5.56 Å². The lowest BCUT2D eigenvalue weighted by Crippen LogP contribution is -2.45. The van der Waals surface area contributed by atoms with Crippen LogP contribution in [0.3, 0.4) is 0 Å². The van der Waals surface area contributed by atoms with Gasteiger partial charge in [0.25, 0.3) is 0 Å². The summed E-state index contributed by atoms with van der Waals surface area (Å²) >= 11 is 0. The Labute approximate surface area is 101 Å². The summed E-state index contributed by atoms with van der Waals surface area (Å²) in [5.74, 6) is -0.0183. The van der Waals surface area contributed by atoms with Crippen molar-refractivity contribution < 1.29 is 9.90 Å². The van der Waals surface area contributed by atoms with E-state index in [9.17, 15) is 4.79 Å². The molecule has 4 nitrogen and oxygen atoms in total. The molecule has 2 atom stereocenters. The van der Waals surface area contributed by atoms with E-state index in [1.807, 2.05) is 31.2 Å². The van der Waals surface area contributed by atoms with Crippen LogP contribution in [-0.2, 0) is 11.2 Å². The van der Waals surface area contributed by atoms with Crippen molar-refractivity contribution in [2.75, 3.05) is 11.9 Å². The minimum absolute atomic E-state index is 0.0183. The van der Waals surface area contributed by atoms with Gasteiger partial charge in [0.15, 0.2) is 0 Å². The van der Waals surface area contributed by atoms with Crippen LogP contribution in [0.2, 0.25) is 0 Å². The first-order valence-electron chi connectivity index (χ1n) is 5.96. The third-order valence-corrected chi connectivity index (χ3v) is 3.05. The quantitative estimate of drug-likeness (QED) is 0.728. The molecule has 0 aromatic heterocycles. The standard InChI is InChI=1S/C13H18N2O2/c1-9(8-16)14-12-7-6-10-4-2-3-5-11(10)15-13(12)17/h2-5,9,12,14,16H,6-8H2,1H3,(H,15,17). The SMILES string of the molecule is CC(CO)NC1CCc2ccccc2NC1=O. The number of aliphatic hydroxyl groups excluding tert-OH is 1. The second-order valence-electron chi connectivity index (χ2n) is 4.49. The van der Waals surface area contributed by atoms with Gasteiger partial charge < -0.3 is 15.7 Å². The van der Waals surface area contributed by atoms with Crippen LogP contribution in [0.25, 0.3) is 0 Å². The van der Waals surface area contributed by atoms with E-state index in [4.69, 9.17) is 5.11 Å². The van der Waals surface area contributed by atoms with Crippen LogP contribution < -0.4 is 10.6 Å². The number of aryl methyl sites for hydroxylation is 1. The predicted molar refractivity (Wildman–Crippen MR) is 66.9 cm³/mol. The Morgan fingerprint density at radius 2 is 2.29 bits per heavy atom. The average Bonchev–Trinajstić information content (AvgIpc) is 2.49. The van der Waals surface area contributed by atoms with Crippen LogP contribution in [0.1, 0.15) is 18.9 Å². The zero-order valence-corrected chi connectivity index (χ0v) is 9.94. The molecule has 2 unspecified atom stereocenters. The predicted octanol–water partition coefficient (Wildman–Crippen LogP) is 0.910. The van der Waals surface area contributed by atoms with Crippen LogP contribution in [0, 0.1) is 0 Å². The number of fused-ring (bicyclic) bond motifs is 1. The van der Waals surface area contributed by atoms with Gasteiger partial charge in [0, 0.05) is 11.7 Å². The summed E-state index contributed by atoms with van der Waals surface area (Å²) in [6, 6.07) is 7.56. The third-order valence-electron chi connectivity index (χ3n) is 3.05. The molecule has 0 aliphatic carbocycles. The topological polar surface area (TPSA) is 61.4 Å². The number of nitrogens with one attached hydrogen (secondary N) is 2. The fourth-order valence-electron chi connectivity index (χ4n) is 2.07. The lowest BCUT2D eigenvalue weighted by atomic mass is 10.1. The second kappa shape index (κ2) is 5.29. The molecule has 1 aromatic carbocycles. The van der Waals surface area contributed by atoms with Crippen LogP contribution in [0.4, 0.5) is 5.69 Å². The van der Waals surface area contributed by atoms with Crippen LogP contribution in [-0.4, -0.2) is 29.7 Å². The number of hydrogen-bond donors (Lipinski definition) is 3. The number of carbonyl (C=O) groups is 1. The number of carbonyl (C=O) groups excluding carboxylic acids is 1. The minimum atomic E-state index is -0.232. The van der Waals surface area contributed by atoms with E-state index in [-0.39, 0.29) is 24.6 Å². The lowest BCUT2D eigenvalue weighted by Gasteiger charge is -2.19. The molecule has 2 rings (SSSR count). The average molecular weight is 234 g/mol. The fraction of sp³-hybridized carbons (Fsp3) is 0.462. The third kappa shape index (κ3) is 2.84. The first-order chi connectivity index (χ1) is 8.20. The summed E-state index contributed by atoms with van der Waals surface area (Å²) in [6.45, 7) is 1.90. The molecule has 0 bridgehead atoms. The Balaban J connectivity index is 2.10. The van der Waals surface area contributed by atoms with E-state index < -0.39 is 0 Å². The number of hydrogen-bond acceptors (Lipinski definition) is 3. The minimum Gasteiger partial charge on any atom is -0.395 e. The Morgan fingerprint density at radius 1 is 1.53 bits per heavy atom. The van der Waals surface area contributed by atoms with Crippen molar-refractivity contribution >= 4 is 11.6 Å². The van der Waals surface area contributed by atoms with Crippen LogP contribution in [0.15, 0.2) is 24.3 Å². The zero-order valence-electron chi connectivity index (χ0n) is 9.94. The first kappa shape index (κ1) is 12.1. The molecule has 0 saturated heterocycles. The van der Waals surface area contributed by atoms with Gasteiger partial charge >= 0.3 is 0 Å². The molecule has 1 heterocycles. The first-order valence-corrected chi connectivity index (χ1v) is 5.96. The van der Waals surface area contributed by atoms with E-state index >= 15 is 0 Å². The smallest absolute Gasteiger partial charge is 0.241 e. The lowest BCUT2D eigenvalue weighted by molar-refractivity contribution is -0.118. The molecule has 0 fully saturated rings. The number of para-hydroxylation sites is 1. The molecule has 4 heteroatoms. The van der Waals surface area contributed by atoms with Crippen molar-refractivity contribution in [3.8, 4) is 0 Å². The van der Waals surface area contributed by atoms with Crippen molar-refractivity contribution in [1.82, 2.24) is 5.32 Å². The highest BCUT2D eigenvalue weighted by atomic mass is 16.3. The van der Waals surface area contributed by atoms with E-state index in [2.05, 4.69) is 10.6 Å². The Kier molecular flexibility index (Phi) is 3.76. The van der Waals surface area contributed by atoms with Crippen molar-refractivity contribution in [3.63, 3.8) is 0 Å². The van der Waals surface area contributed by atoms with Gasteiger partial charge in [-0.05, 0) is 31.4 Å². The van der Waals surface area contributed by atoms with E-state index in [0.29, 0.717) is 0 Å². The van der Waals surface area contributed by atoms with Crippen molar-refractivity contribution in [3.05, 3.63) is 29.8 Å². The van der Waals surface area contributed by atoms with E-state index in [1.54, 1.807) is 0 Å². The summed E-state index contributed by atoms with van der Waals surface area (Å²) in [6.07, 6.45) is 1.62. The molecular weight excluding hydrogens is 216 g/mol. The second-order valence-corrected chi connectivity index (χ2v) is 4.49. The molecule has 0 spiro atoms. The largest absolute Gasteiger partial charge is 0.395 e. The summed E-state index contributed by atoms with van der Waals surface area (Å²) in [4.78, 5) is 12.0. The molecule has 1 aromatic rings. The molecule has 1 aliphatic heterocycles. The van der Waals surface area contributed by atoms with Gasteiger partial charge in [0.2, 0.25) is 5.91 Å². The monoisotopic (exact) mass is 234 g/mol. The Hall–Kier alpha value is -1.39. The number of amides is 1. The van der Waals surface area contributed by atoms with Gasteiger partial charge in [-0.15, -0.1) is 0 Å². The number of anilines is 1. The van der Waals surface area contributed by atoms with Gasteiger partial charge in [-0.3, -0.25) is 4.79 Å². The normalized spacial score (nSPS) is 21.3. The number of rotatable bonds is 3. The molecule has 0 radical (unpaired) electrons. The molecule has 1 amide bonds. The number of aliphatic hydroxyl groups is 1. The summed E-state index contributed by atoms with van der Waals surface area (Å²) in [5, 5.41) is 15.1. The van der Waals surface area contributed by atoms with Crippen LogP contribution >= 0.6 is 0 Å². The molecule has 92 valence electrons. The van der Waals surface area contributed by atoms with Crippen LogP contribution in [0.5, 0.6) is 0 Å². The maximum Gasteiger partial charge on any atom is 0.241 e. The summed E-state index contributed by atoms with van der Waals surface area (Å²) in [7, 11) is 0. The Bertz CT molecular complexity index is 406. The summed E-state index contributed by atoms with van der Waals surface area (Å²) < 4.78 is 0. The molecule has 3 N–H and O–H groups in total. The summed E-state index contributed by atoms with van der Waals surface area (Å²) in [5.41, 5.74) is 2.07. The fourth-order valence-corrected chi connectivity index (χ4v) is 2.07. The van der Waals surface area contributed by atoms with Gasteiger partial charge in [0.1, 0.15) is 0 Å². The Morgan fingerprint density at radius 3 is 3.06 bits per heavy atom. The van der Waals surface area contributed by atoms with Gasteiger partial charge in [-0.2, -0.15) is 0 Å².